The first-order valence-electron chi connectivity index (χ1n) is 4.86. The predicted octanol–water partition coefficient (Wildman–Crippen LogP) is -0.0735. The molecule has 0 spiro atoms. The maximum absolute atomic E-state index is 5.19. The van der Waals surface area contributed by atoms with Gasteiger partial charge in [-0.25, -0.2) is 0 Å². The lowest BCUT2D eigenvalue weighted by Crippen LogP contribution is -2.48. The molecule has 2 heterocycles. The molecule has 0 radical (unpaired) electrons. The molecule has 2 aliphatic heterocycles. The largest absolute Gasteiger partial charge is 0.378 e. The highest BCUT2D eigenvalue weighted by atomic mass is 16.5. The van der Waals surface area contributed by atoms with Crippen molar-refractivity contribution in [3.8, 4) is 0 Å². The Hall–Kier alpha value is -0.120. The molecule has 2 aliphatic rings. The van der Waals surface area contributed by atoms with Crippen LogP contribution in [-0.4, -0.2) is 50.8 Å². The molecule has 0 aromatic carbocycles. The van der Waals surface area contributed by atoms with Crippen molar-refractivity contribution in [2.45, 2.75) is 12.5 Å². The van der Waals surface area contributed by atoms with Crippen molar-refractivity contribution in [3.63, 3.8) is 0 Å². The molecule has 2 rings (SSSR count). The van der Waals surface area contributed by atoms with Crippen LogP contribution in [-0.2, 0) is 4.74 Å². The third-order valence-corrected chi connectivity index (χ3v) is 2.95. The highest BCUT2D eigenvalue weighted by molar-refractivity contribution is 4.85. The van der Waals surface area contributed by atoms with E-state index < -0.39 is 0 Å². The smallest absolute Gasteiger partial charge is 0.0645 e. The zero-order valence-corrected chi connectivity index (χ0v) is 7.75. The molecule has 2 fully saturated rings. The summed E-state index contributed by atoms with van der Waals surface area (Å²) >= 11 is 0. The molecule has 2 saturated heterocycles. The second-order valence-corrected chi connectivity index (χ2v) is 3.90. The fourth-order valence-electron chi connectivity index (χ4n) is 2.08. The van der Waals surface area contributed by atoms with Gasteiger partial charge in [0.15, 0.2) is 0 Å². The van der Waals surface area contributed by atoms with Crippen LogP contribution in [0.2, 0.25) is 0 Å². The molecule has 0 saturated carbocycles. The summed E-state index contributed by atoms with van der Waals surface area (Å²) < 4.78 is 5.19. The molecule has 0 aromatic heterocycles. The molecule has 12 heavy (non-hydrogen) atoms. The zero-order valence-electron chi connectivity index (χ0n) is 7.75. The van der Waals surface area contributed by atoms with Crippen LogP contribution in [0.15, 0.2) is 0 Å². The van der Waals surface area contributed by atoms with Gasteiger partial charge in [-0.1, -0.05) is 0 Å². The Labute approximate surface area is 74.1 Å². The summed E-state index contributed by atoms with van der Waals surface area (Å²) in [5.41, 5.74) is 0. The predicted molar refractivity (Wildman–Crippen MR) is 48.2 cm³/mol. The number of ether oxygens (including phenoxy) is 1. The van der Waals surface area contributed by atoms with E-state index in [0.29, 0.717) is 0 Å². The van der Waals surface area contributed by atoms with Crippen LogP contribution in [0.3, 0.4) is 0 Å². The first kappa shape index (κ1) is 8.48. The molecule has 1 N–H and O–H groups in total. The van der Waals surface area contributed by atoms with Crippen molar-refractivity contribution in [1.29, 1.82) is 0 Å². The number of nitrogens with zero attached hydrogens (tertiary/aromatic N) is 1. The fourth-order valence-corrected chi connectivity index (χ4v) is 2.08. The van der Waals surface area contributed by atoms with Crippen molar-refractivity contribution in [3.05, 3.63) is 0 Å². The van der Waals surface area contributed by atoms with Crippen molar-refractivity contribution >= 4 is 0 Å². The lowest BCUT2D eigenvalue weighted by molar-refractivity contribution is -0.0580. The SMILES string of the molecule is CNC[C@H]1CCN(C2COC2)C1. The molecule has 0 aliphatic carbocycles. The van der Waals surface area contributed by atoms with Gasteiger partial charge in [-0.05, 0) is 32.5 Å². The Morgan fingerprint density at radius 2 is 2.33 bits per heavy atom. The molecule has 0 bridgehead atoms. The minimum absolute atomic E-state index is 0.742. The molecular weight excluding hydrogens is 152 g/mol. The van der Waals surface area contributed by atoms with Gasteiger partial charge in [0.1, 0.15) is 0 Å². The Kier molecular flexibility index (Phi) is 2.63. The van der Waals surface area contributed by atoms with Crippen LogP contribution >= 0.6 is 0 Å². The summed E-state index contributed by atoms with van der Waals surface area (Å²) in [4.78, 5) is 2.57. The van der Waals surface area contributed by atoms with E-state index in [1.165, 1.54) is 26.1 Å². The van der Waals surface area contributed by atoms with E-state index in [0.717, 1.165) is 25.2 Å². The Bertz CT molecular complexity index is 147. The second-order valence-electron chi connectivity index (χ2n) is 3.90. The van der Waals surface area contributed by atoms with E-state index in [2.05, 4.69) is 10.2 Å². The minimum atomic E-state index is 0.742. The van der Waals surface area contributed by atoms with Crippen LogP contribution in [0.4, 0.5) is 0 Å². The van der Waals surface area contributed by atoms with Crippen molar-refractivity contribution in [1.82, 2.24) is 10.2 Å². The van der Waals surface area contributed by atoms with Crippen LogP contribution in [0.1, 0.15) is 6.42 Å². The molecule has 70 valence electrons. The van der Waals surface area contributed by atoms with Crippen LogP contribution in [0, 0.1) is 5.92 Å². The molecule has 0 unspecified atom stereocenters. The summed E-state index contributed by atoms with van der Waals surface area (Å²) in [7, 11) is 2.04. The Balaban J connectivity index is 1.73. The Morgan fingerprint density at radius 1 is 1.50 bits per heavy atom. The van der Waals surface area contributed by atoms with E-state index in [1.54, 1.807) is 0 Å². The summed E-state index contributed by atoms with van der Waals surface area (Å²) in [6, 6.07) is 0.742. The van der Waals surface area contributed by atoms with E-state index in [1.807, 2.05) is 7.05 Å². The minimum Gasteiger partial charge on any atom is -0.378 e. The second kappa shape index (κ2) is 3.73. The van der Waals surface area contributed by atoms with Gasteiger partial charge >= 0.3 is 0 Å². The third kappa shape index (κ3) is 1.63. The summed E-state index contributed by atoms with van der Waals surface area (Å²) in [5.74, 6) is 0.871. The van der Waals surface area contributed by atoms with Crippen LogP contribution in [0.25, 0.3) is 0 Å². The van der Waals surface area contributed by atoms with Gasteiger partial charge in [0.05, 0.1) is 19.3 Å². The first-order valence-corrected chi connectivity index (χ1v) is 4.86. The van der Waals surface area contributed by atoms with Gasteiger partial charge in [0.2, 0.25) is 0 Å². The van der Waals surface area contributed by atoms with Gasteiger partial charge in [-0.15, -0.1) is 0 Å². The topological polar surface area (TPSA) is 24.5 Å². The molecule has 3 nitrogen and oxygen atoms in total. The number of hydrogen-bond acceptors (Lipinski definition) is 3. The van der Waals surface area contributed by atoms with Gasteiger partial charge in [0, 0.05) is 6.54 Å². The number of likely N-dealkylation sites (tertiary alicyclic amines) is 1. The lowest BCUT2D eigenvalue weighted by Gasteiger charge is -2.34. The average Bonchev–Trinajstić information content (AvgIpc) is 2.34. The monoisotopic (exact) mass is 170 g/mol. The lowest BCUT2D eigenvalue weighted by atomic mass is 10.1. The van der Waals surface area contributed by atoms with E-state index >= 15 is 0 Å². The molecule has 3 heteroatoms. The summed E-state index contributed by atoms with van der Waals surface area (Å²) in [6.45, 7) is 5.65. The number of rotatable bonds is 3. The number of hydrogen-bond donors (Lipinski definition) is 1. The average molecular weight is 170 g/mol. The maximum atomic E-state index is 5.19. The number of nitrogens with one attached hydrogen (secondary N) is 1. The van der Waals surface area contributed by atoms with Gasteiger partial charge in [-0.2, -0.15) is 0 Å². The van der Waals surface area contributed by atoms with Crippen molar-refractivity contribution in [2.24, 2.45) is 5.92 Å². The van der Waals surface area contributed by atoms with Crippen molar-refractivity contribution < 1.29 is 4.74 Å². The van der Waals surface area contributed by atoms with Crippen LogP contribution < -0.4 is 5.32 Å². The van der Waals surface area contributed by atoms with Gasteiger partial charge < -0.3 is 10.1 Å². The van der Waals surface area contributed by atoms with Crippen molar-refractivity contribution in [2.75, 3.05) is 39.9 Å². The summed E-state index contributed by atoms with van der Waals surface area (Å²) in [6.07, 6.45) is 1.36. The quantitative estimate of drug-likeness (QED) is 0.641. The standard InChI is InChI=1S/C9H18N2O/c1-10-4-8-2-3-11(5-8)9-6-12-7-9/h8-10H,2-7H2,1H3/t8-/m1/s1. The normalized spacial score (nSPS) is 32.2. The molecule has 0 aromatic rings. The fraction of sp³-hybridized carbons (Fsp3) is 1.00. The zero-order chi connectivity index (χ0) is 8.39. The molecule has 1 atom stereocenters. The van der Waals surface area contributed by atoms with Crippen LogP contribution in [0.5, 0.6) is 0 Å². The molecular formula is C9H18N2O. The Morgan fingerprint density at radius 3 is 2.92 bits per heavy atom. The highest BCUT2D eigenvalue weighted by Crippen LogP contribution is 2.21. The van der Waals surface area contributed by atoms with E-state index in [-0.39, 0.29) is 0 Å². The molecule has 0 amide bonds. The highest BCUT2D eigenvalue weighted by Gasteiger charge is 2.31. The van der Waals surface area contributed by atoms with E-state index in [9.17, 15) is 0 Å². The van der Waals surface area contributed by atoms with Gasteiger partial charge in [0.25, 0.3) is 0 Å². The third-order valence-electron chi connectivity index (χ3n) is 2.95. The first-order chi connectivity index (χ1) is 5.90. The maximum Gasteiger partial charge on any atom is 0.0645 e. The van der Waals surface area contributed by atoms with E-state index in [4.69, 9.17) is 4.74 Å². The summed E-state index contributed by atoms with van der Waals surface area (Å²) in [5, 5.41) is 3.25. The van der Waals surface area contributed by atoms with Gasteiger partial charge in [-0.3, -0.25) is 4.90 Å².